The van der Waals surface area contributed by atoms with Gasteiger partial charge in [0.15, 0.2) is 5.96 Å². The van der Waals surface area contributed by atoms with Crippen LogP contribution in [-0.4, -0.2) is 40.4 Å². The molecule has 2 N–H and O–H groups in total. The van der Waals surface area contributed by atoms with E-state index in [1.165, 1.54) is 0 Å². The van der Waals surface area contributed by atoms with Crippen molar-refractivity contribution in [1.29, 1.82) is 0 Å². The summed E-state index contributed by atoms with van der Waals surface area (Å²) in [7, 11) is 5.10. The maximum absolute atomic E-state index is 5.71. The second-order valence-electron chi connectivity index (χ2n) is 5.96. The van der Waals surface area contributed by atoms with Gasteiger partial charge in [-0.05, 0) is 41.8 Å². The first-order valence-corrected chi connectivity index (χ1v) is 9.03. The molecule has 0 amide bonds. The van der Waals surface area contributed by atoms with Crippen molar-refractivity contribution in [2.75, 3.05) is 34.4 Å². The third kappa shape index (κ3) is 7.58. The van der Waals surface area contributed by atoms with Gasteiger partial charge in [0.1, 0.15) is 11.5 Å². The summed E-state index contributed by atoms with van der Waals surface area (Å²) in [5, 5.41) is 6.59. The molecule has 6 nitrogen and oxygen atoms in total. The Balaban J connectivity index is 1.60. The van der Waals surface area contributed by atoms with Gasteiger partial charge < -0.3 is 24.8 Å². The monoisotopic (exact) mass is 371 g/mol. The zero-order chi connectivity index (χ0) is 19.3. The number of hydrogen-bond donors (Lipinski definition) is 2. The highest BCUT2D eigenvalue weighted by molar-refractivity contribution is 5.79. The highest BCUT2D eigenvalue weighted by Gasteiger charge is 2.00. The van der Waals surface area contributed by atoms with Crippen LogP contribution in [0.15, 0.2) is 53.5 Å². The Morgan fingerprint density at radius 3 is 2.41 bits per heavy atom. The number of ether oxygens (including phenoxy) is 3. The van der Waals surface area contributed by atoms with Gasteiger partial charge in [0.25, 0.3) is 0 Å². The Hall–Kier alpha value is -2.73. The van der Waals surface area contributed by atoms with E-state index >= 15 is 0 Å². The highest BCUT2D eigenvalue weighted by atomic mass is 16.5. The van der Waals surface area contributed by atoms with Gasteiger partial charge in [-0.25, -0.2) is 0 Å². The lowest BCUT2D eigenvalue weighted by Gasteiger charge is -2.12. The lowest BCUT2D eigenvalue weighted by molar-refractivity contribution is 0.119. The minimum atomic E-state index is 0.604. The van der Waals surface area contributed by atoms with E-state index in [0.717, 1.165) is 41.6 Å². The van der Waals surface area contributed by atoms with Crippen LogP contribution in [0.4, 0.5) is 0 Å². The molecule has 6 heteroatoms. The Bertz CT molecular complexity index is 702. The molecular formula is C21H29N3O3. The molecule has 0 heterocycles. The first kappa shape index (κ1) is 20.6. The molecule has 0 aromatic heterocycles. The van der Waals surface area contributed by atoms with E-state index in [1.54, 1.807) is 21.3 Å². The molecule has 27 heavy (non-hydrogen) atoms. The topological polar surface area (TPSA) is 64.1 Å². The molecule has 0 atom stereocenters. The molecular weight excluding hydrogens is 342 g/mol. The number of nitrogens with one attached hydrogen (secondary N) is 2. The van der Waals surface area contributed by atoms with Crippen molar-refractivity contribution < 1.29 is 14.2 Å². The predicted octanol–water partition coefficient (Wildman–Crippen LogP) is 2.98. The number of hydrogen-bond acceptors (Lipinski definition) is 4. The van der Waals surface area contributed by atoms with Crippen molar-refractivity contribution in [3.8, 4) is 11.5 Å². The molecule has 2 aromatic rings. The number of nitrogens with zero attached hydrogens (tertiary/aromatic N) is 1. The minimum absolute atomic E-state index is 0.604. The summed E-state index contributed by atoms with van der Waals surface area (Å²) in [4.78, 5) is 4.24. The fourth-order valence-electron chi connectivity index (χ4n) is 2.48. The summed E-state index contributed by atoms with van der Waals surface area (Å²) in [5.74, 6) is 2.48. The lowest BCUT2D eigenvalue weighted by Crippen LogP contribution is -2.37. The summed E-state index contributed by atoms with van der Waals surface area (Å²) in [6, 6.07) is 15.9. The van der Waals surface area contributed by atoms with E-state index in [-0.39, 0.29) is 0 Å². The first-order valence-electron chi connectivity index (χ1n) is 9.03. The second kappa shape index (κ2) is 11.8. The van der Waals surface area contributed by atoms with Gasteiger partial charge in [-0.2, -0.15) is 0 Å². The first-order chi connectivity index (χ1) is 13.2. The van der Waals surface area contributed by atoms with Crippen LogP contribution in [0.3, 0.4) is 0 Å². The summed E-state index contributed by atoms with van der Waals surface area (Å²) in [5.41, 5.74) is 2.28. The fourth-order valence-corrected chi connectivity index (χ4v) is 2.48. The van der Waals surface area contributed by atoms with Crippen molar-refractivity contribution in [2.24, 2.45) is 4.99 Å². The van der Waals surface area contributed by atoms with Crippen LogP contribution < -0.4 is 20.1 Å². The highest BCUT2D eigenvalue weighted by Crippen LogP contribution is 2.12. The molecule has 0 bridgehead atoms. The van der Waals surface area contributed by atoms with Crippen molar-refractivity contribution >= 4 is 5.96 Å². The van der Waals surface area contributed by atoms with Crippen LogP contribution >= 0.6 is 0 Å². The molecule has 0 fully saturated rings. The van der Waals surface area contributed by atoms with Crippen LogP contribution in [0.5, 0.6) is 11.5 Å². The van der Waals surface area contributed by atoms with Gasteiger partial charge in [-0.15, -0.1) is 0 Å². The average molecular weight is 371 g/mol. The predicted molar refractivity (Wildman–Crippen MR) is 108 cm³/mol. The normalized spacial score (nSPS) is 11.1. The summed E-state index contributed by atoms with van der Waals surface area (Å²) >= 11 is 0. The summed E-state index contributed by atoms with van der Waals surface area (Å²) in [6.07, 6.45) is 0.899. The van der Waals surface area contributed by atoms with Gasteiger partial charge in [-0.1, -0.05) is 24.3 Å². The number of methoxy groups -OCH3 is 2. The van der Waals surface area contributed by atoms with E-state index in [4.69, 9.17) is 14.2 Å². The van der Waals surface area contributed by atoms with Gasteiger partial charge in [0, 0.05) is 26.7 Å². The van der Waals surface area contributed by atoms with Crippen LogP contribution in [0.1, 0.15) is 17.5 Å². The molecule has 2 aromatic carbocycles. The Morgan fingerprint density at radius 2 is 1.70 bits per heavy atom. The smallest absolute Gasteiger partial charge is 0.191 e. The molecule has 0 saturated heterocycles. The van der Waals surface area contributed by atoms with E-state index in [1.807, 2.05) is 42.5 Å². The van der Waals surface area contributed by atoms with Crippen LogP contribution in [0.25, 0.3) is 0 Å². The third-order valence-corrected chi connectivity index (χ3v) is 4.00. The lowest BCUT2D eigenvalue weighted by atomic mass is 10.2. The zero-order valence-corrected chi connectivity index (χ0v) is 16.3. The van der Waals surface area contributed by atoms with E-state index in [9.17, 15) is 0 Å². The molecule has 0 spiro atoms. The van der Waals surface area contributed by atoms with E-state index in [2.05, 4.69) is 21.7 Å². The molecule has 2 rings (SSSR count). The molecule has 0 aliphatic carbocycles. The van der Waals surface area contributed by atoms with Crippen molar-refractivity contribution in [3.05, 3.63) is 59.7 Å². The maximum Gasteiger partial charge on any atom is 0.191 e. The molecule has 146 valence electrons. The largest absolute Gasteiger partial charge is 0.497 e. The Morgan fingerprint density at radius 1 is 0.926 bits per heavy atom. The second-order valence-corrected chi connectivity index (χ2v) is 5.96. The molecule has 0 radical (unpaired) electrons. The molecule has 0 aliphatic rings. The Kier molecular flexibility index (Phi) is 9.00. The van der Waals surface area contributed by atoms with Crippen molar-refractivity contribution in [3.63, 3.8) is 0 Å². The number of guanidine groups is 1. The molecule has 0 unspecified atom stereocenters. The van der Waals surface area contributed by atoms with E-state index in [0.29, 0.717) is 19.8 Å². The van der Waals surface area contributed by atoms with Crippen molar-refractivity contribution in [2.45, 2.75) is 19.6 Å². The summed E-state index contributed by atoms with van der Waals surface area (Å²) in [6.45, 7) is 2.77. The standard InChI is InChI=1S/C21H29N3O3/c1-22-21(24-15-18-6-4-7-20(14-18)26-3)23-12-5-13-27-16-17-8-10-19(25-2)11-9-17/h4,6-11,14H,5,12-13,15-16H2,1-3H3,(H2,22,23,24). The van der Waals surface area contributed by atoms with Gasteiger partial charge in [-0.3, -0.25) is 4.99 Å². The zero-order valence-electron chi connectivity index (χ0n) is 16.3. The minimum Gasteiger partial charge on any atom is -0.497 e. The maximum atomic E-state index is 5.71. The average Bonchev–Trinajstić information content (AvgIpc) is 2.73. The van der Waals surface area contributed by atoms with Gasteiger partial charge in [0.2, 0.25) is 0 Å². The molecule has 0 aliphatic heterocycles. The number of benzene rings is 2. The fraction of sp³-hybridized carbons (Fsp3) is 0.381. The Labute approximate surface area is 161 Å². The van der Waals surface area contributed by atoms with Crippen molar-refractivity contribution in [1.82, 2.24) is 10.6 Å². The number of rotatable bonds is 10. The summed E-state index contributed by atoms with van der Waals surface area (Å²) < 4.78 is 16.1. The quantitative estimate of drug-likeness (QED) is 0.382. The SMILES string of the molecule is CN=C(NCCCOCc1ccc(OC)cc1)NCc1cccc(OC)c1. The van der Waals surface area contributed by atoms with Crippen LogP contribution in [0, 0.1) is 0 Å². The van der Waals surface area contributed by atoms with Crippen LogP contribution in [0.2, 0.25) is 0 Å². The number of aliphatic imine (C=N–C) groups is 1. The van der Waals surface area contributed by atoms with Gasteiger partial charge >= 0.3 is 0 Å². The van der Waals surface area contributed by atoms with Crippen LogP contribution in [-0.2, 0) is 17.9 Å². The molecule has 0 saturated carbocycles. The third-order valence-electron chi connectivity index (χ3n) is 4.00. The van der Waals surface area contributed by atoms with E-state index < -0.39 is 0 Å². The van der Waals surface area contributed by atoms with Gasteiger partial charge in [0.05, 0.1) is 20.8 Å².